The Morgan fingerprint density at radius 1 is 1.03 bits per heavy atom. The highest BCUT2D eigenvalue weighted by Gasteiger charge is 2.26. The lowest BCUT2D eigenvalue weighted by atomic mass is 10.1. The number of nitrogens with one attached hydrogen (secondary N) is 1. The van der Waals surface area contributed by atoms with Gasteiger partial charge in [-0.25, -0.2) is 4.79 Å². The summed E-state index contributed by atoms with van der Waals surface area (Å²) in [6.45, 7) is 4.41. The highest BCUT2D eigenvalue weighted by atomic mass is 16.3. The molecule has 1 saturated heterocycles. The second-order valence-electron chi connectivity index (χ2n) is 7.50. The van der Waals surface area contributed by atoms with Gasteiger partial charge in [-0.2, -0.15) is 0 Å². The van der Waals surface area contributed by atoms with Crippen molar-refractivity contribution in [3.8, 4) is 0 Å². The minimum Gasteiger partial charge on any atom is -0.467 e. The van der Waals surface area contributed by atoms with Crippen LogP contribution in [0.25, 0.3) is 0 Å². The molecule has 0 radical (unpaired) electrons. The van der Waals surface area contributed by atoms with Gasteiger partial charge in [0.1, 0.15) is 5.76 Å². The summed E-state index contributed by atoms with van der Waals surface area (Å²) >= 11 is 0. The summed E-state index contributed by atoms with van der Waals surface area (Å²) < 4.78 is 5.22. The lowest BCUT2D eigenvalue weighted by Gasteiger charge is -2.35. The molecule has 0 bridgehead atoms. The third-order valence-electron chi connectivity index (χ3n) is 5.25. The van der Waals surface area contributed by atoms with Gasteiger partial charge >= 0.3 is 6.03 Å². The zero-order valence-corrected chi connectivity index (χ0v) is 17.0. The highest BCUT2D eigenvalue weighted by molar-refractivity contribution is 5.96. The van der Waals surface area contributed by atoms with E-state index in [9.17, 15) is 9.59 Å². The molecular weight excluding hydrogens is 378 g/mol. The van der Waals surface area contributed by atoms with Crippen LogP contribution in [0.15, 0.2) is 71.3 Å². The summed E-state index contributed by atoms with van der Waals surface area (Å²) in [7, 11) is 0. The third-order valence-corrected chi connectivity index (χ3v) is 5.25. The Bertz CT molecular complexity index is 995. The fraction of sp³-hybridized carbons (Fsp3) is 0.250. The number of rotatable bonds is 6. The monoisotopic (exact) mass is 403 g/mol. The number of anilines is 1. The van der Waals surface area contributed by atoms with Crippen LogP contribution >= 0.6 is 0 Å². The normalized spacial score (nSPS) is 14.1. The first kappa shape index (κ1) is 19.8. The molecule has 6 nitrogen and oxygen atoms in total. The van der Waals surface area contributed by atoms with Crippen LogP contribution in [-0.4, -0.2) is 29.9 Å². The predicted molar refractivity (Wildman–Crippen MR) is 115 cm³/mol. The van der Waals surface area contributed by atoms with Gasteiger partial charge in [0.25, 0.3) is 5.91 Å². The van der Waals surface area contributed by atoms with Gasteiger partial charge < -0.3 is 14.6 Å². The number of amides is 3. The maximum absolute atomic E-state index is 13.0. The summed E-state index contributed by atoms with van der Waals surface area (Å²) in [5.74, 6) is 0.525. The number of furan rings is 1. The van der Waals surface area contributed by atoms with Gasteiger partial charge in [0.05, 0.1) is 12.8 Å². The van der Waals surface area contributed by atoms with Gasteiger partial charge in [-0.05, 0) is 55.3 Å². The summed E-state index contributed by atoms with van der Waals surface area (Å²) in [6, 6.07) is 19.0. The van der Waals surface area contributed by atoms with Crippen molar-refractivity contribution < 1.29 is 14.0 Å². The van der Waals surface area contributed by atoms with Gasteiger partial charge in [-0.3, -0.25) is 9.69 Å². The lowest BCUT2D eigenvalue weighted by molar-refractivity contribution is 0.0948. The van der Waals surface area contributed by atoms with Crippen LogP contribution in [0.4, 0.5) is 10.5 Å². The summed E-state index contributed by atoms with van der Waals surface area (Å²) in [6.07, 6.45) is 2.48. The van der Waals surface area contributed by atoms with E-state index in [1.165, 1.54) is 5.56 Å². The van der Waals surface area contributed by atoms with Crippen molar-refractivity contribution in [3.63, 3.8) is 0 Å². The van der Waals surface area contributed by atoms with E-state index in [4.69, 9.17) is 4.42 Å². The average molecular weight is 403 g/mol. The number of nitrogens with zero attached hydrogens (tertiary/aromatic N) is 2. The maximum Gasteiger partial charge on any atom is 0.324 e. The van der Waals surface area contributed by atoms with Gasteiger partial charge in [-0.15, -0.1) is 0 Å². The van der Waals surface area contributed by atoms with Crippen LogP contribution in [0.2, 0.25) is 0 Å². The number of benzene rings is 2. The molecule has 2 heterocycles. The summed E-state index contributed by atoms with van der Waals surface area (Å²) in [5.41, 5.74) is 3.68. The Hall–Kier alpha value is -3.54. The molecule has 1 aliphatic heterocycles. The van der Waals surface area contributed by atoms with Crippen molar-refractivity contribution in [2.24, 2.45) is 0 Å². The molecule has 4 rings (SSSR count). The number of hydrogen-bond donors (Lipinski definition) is 1. The molecule has 0 saturated carbocycles. The van der Waals surface area contributed by atoms with Crippen molar-refractivity contribution in [2.45, 2.75) is 26.4 Å². The minimum absolute atomic E-state index is 0.00292. The molecule has 1 aliphatic rings. The van der Waals surface area contributed by atoms with Crippen molar-refractivity contribution in [3.05, 3.63) is 89.4 Å². The number of carbonyl (C=O) groups excluding carboxylic acids is 2. The minimum atomic E-state index is -0.177. The Kier molecular flexibility index (Phi) is 5.84. The van der Waals surface area contributed by atoms with E-state index in [1.807, 2.05) is 23.1 Å². The van der Waals surface area contributed by atoms with E-state index in [1.54, 1.807) is 29.4 Å². The standard InChI is InChI=1S/C24H25N3O3/c1-18-5-7-19(8-6-18)17-26-13-3-14-27(24(26)29)21-11-9-20(10-12-21)23(28)25-16-22-4-2-15-30-22/h2,4-12,15H,3,13-14,16-17H2,1H3,(H,25,28). The van der Waals surface area contributed by atoms with Gasteiger partial charge in [0, 0.05) is 30.9 Å². The molecule has 2 aromatic carbocycles. The van der Waals surface area contributed by atoms with Crippen LogP contribution in [0.1, 0.15) is 33.7 Å². The first-order chi connectivity index (χ1) is 14.6. The highest BCUT2D eigenvalue weighted by Crippen LogP contribution is 2.22. The fourth-order valence-corrected chi connectivity index (χ4v) is 3.56. The predicted octanol–water partition coefficient (Wildman–Crippen LogP) is 4.35. The van der Waals surface area contributed by atoms with E-state index in [2.05, 4.69) is 36.5 Å². The molecular formula is C24H25N3O3. The largest absolute Gasteiger partial charge is 0.467 e. The fourth-order valence-electron chi connectivity index (χ4n) is 3.56. The van der Waals surface area contributed by atoms with Crippen LogP contribution in [0.3, 0.4) is 0 Å². The molecule has 0 atom stereocenters. The average Bonchev–Trinajstić information content (AvgIpc) is 3.29. The third kappa shape index (κ3) is 4.54. The first-order valence-electron chi connectivity index (χ1n) is 10.1. The van der Waals surface area contributed by atoms with Crippen LogP contribution in [0, 0.1) is 6.92 Å². The molecule has 3 amide bonds. The van der Waals surface area contributed by atoms with E-state index in [0.29, 0.717) is 31.0 Å². The first-order valence-corrected chi connectivity index (χ1v) is 10.1. The Morgan fingerprint density at radius 2 is 1.80 bits per heavy atom. The number of hydrogen-bond acceptors (Lipinski definition) is 3. The molecule has 0 aliphatic carbocycles. The van der Waals surface area contributed by atoms with Crippen molar-refractivity contribution in [1.29, 1.82) is 0 Å². The molecule has 0 unspecified atom stereocenters. The second-order valence-corrected chi connectivity index (χ2v) is 7.50. The Morgan fingerprint density at radius 3 is 2.50 bits per heavy atom. The molecule has 0 spiro atoms. The molecule has 154 valence electrons. The van der Waals surface area contributed by atoms with Crippen LogP contribution in [-0.2, 0) is 13.1 Å². The van der Waals surface area contributed by atoms with Crippen molar-refractivity contribution in [1.82, 2.24) is 10.2 Å². The quantitative estimate of drug-likeness (QED) is 0.665. The zero-order valence-electron chi connectivity index (χ0n) is 17.0. The number of carbonyl (C=O) groups is 2. The number of urea groups is 1. The van der Waals surface area contributed by atoms with E-state index < -0.39 is 0 Å². The lowest BCUT2D eigenvalue weighted by Crippen LogP contribution is -2.49. The van der Waals surface area contributed by atoms with Gasteiger partial charge in [0.2, 0.25) is 0 Å². The maximum atomic E-state index is 13.0. The molecule has 3 aromatic rings. The van der Waals surface area contributed by atoms with Crippen LogP contribution in [0.5, 0.6) is 0 Å². The number of aryl methyl sites for hydroxylation is 1. The Balaban J connectivity index is 1.39. The van der Waals surface area contributed by atoms with Crippen molar-refractivity contribution in [2.75, 3.05) is 18.0 Å². The molecule has 1 fully saturated rings. The topological polar surface area (TPSA) is 65.8 Å². The Labute approximate surface area is 176 Å². The molecule has 1 aromatic heterocycles. The SMILES string of the molecule is Cc1ccc(CN2CCCN(c3ccc(C(=O)NCc4ccco4)cc3)C2=O)cc1. The smallest absolute Gasteiger partial charge is 0.324 e. The van der Waals surface area contributed by atoms with Crippen molar-refractivity contribution >= 4 is 17.6 Å². The second kappa shape index (κ2) is 8.86. The summed E-state index contributed by atoms with van der Waals surface area (Å²) in [4.78, 5) is 29.0. The van der Waals surface area contributed by atoms with E-state index >= 15 is 0 Å². The van der Waals surface area contributed by atoms with Gasteiger partial charge in [0.15, 0.2) is 0 Å². The van der Waals surface area contributed by atoms with Crippen LogP contribution < -0.4 is 10.2 Å². The van der Waals surface area contributed by atoms with E-state index in [0.717, 1.165) is 24.2 Å². The van der Waals surface area contributed by atoms with E-state index in [-0.39, 0.29) is 11.9 Å². The zero-order chi connectivity index (χ0) is 20.9. The molecule has 1 N–H and O–H groups in total. The molecule has 6 heteroatoms. The summed E-state index contributed by atoms with van der Waals surface area (Å²) in [5, 5.41) is 2.83. The molecule has 30 heavy (non-hydrogen) atoms. The van der Waals surface area contributed by atoms with Gasteiger partial charge in [-0.1, -0.05) is 29.8 Å².